The Morgan fingerprint density at radius 3 is 1.67 bits per heavy atom. The summed E-state index contributed by atoms with van der Waals surface area (Å²) < 4.78 is 90.0. The third kappa shape index (κ3) is 5.88. The first-order chi connectivity index (χ1) is 9.33. The first kappa shape index (κ1) is 19.7. The van der Waals surface area contributed by atoms with Crippen LogP contribution in [0.2, 0.25) is 0 Å². The number of nitrogens with zero attached hydrogens (tertiary/aromatic N) is 1. The van der Waals surface area contributed by atoms with Crippen LogP contribution in [0.5, 0.6) is 0 Å². The molecule has 1 aromatic rings. The van der Waals surface area contributed by atoms with Gasteiger partial charge in [-0.3, -0.25) is 0 Å². The van der Waals surface area contributed by atoms with E-state index in [0.29, 0.717) is 0 Å². The van der Waals surface area contributed by atoms with Crippen LogP contribution in [0, 0.1) is 6.92 Å². The second-order valence-electron chi connectivity index (χ2n) is 4.31. The molecule has 0 atom stereocenters. The van der Waals surface area contributed by atoms with Gasteiger partial charge in [0, 0.05) is 18.6 Å². The monoisotopic (exact) mass is 323 g/mol. The van der Waals surface area contributed by atoms with E-state index in [0.717, 1.165) is 6.54 Å². The number of aromatic nitrogens is 1. The molecule has 0 aromatic carbocycles. The number of aryl methyl sites for hydroxylation is 2. The van der Waals surface area contributed by atoms with Crippen molar-refractivity contribution in [1.29, 1.82) is 0 Å². The van der Waals surface area contributed by atoms with Gasteiger partial charge in [0.2, 0.25) is 0 Å². The molecule has 122 valence electrons. The van der Waals surface area contributed by atoms with Crippen molar-refractivity contribution in [1.82, 2.24) is 0 Å². The molecule has 0 amide bonds. The van der Waals surface area contributed by atoms with Crippen LogP contribution < -0.4 is 4.57 Å². The van der Waals surface area contributed by atoms with Gasteiger partial charge in [0.1, 0.15) is 6.54 Å². The van der Waals surface area contributed by atoms with Crippen LogP contribution in [-0.2, 0) is 6.54 Å². The molecular formula is C11H14BF8N. The zero-order chi connectivity index (χ0) is 16.9. The predicted molar refractivity (Wildman–Crippen MR) is 61.7 cm³/mol. The van der Waals surface area contributed by atoms with Crippen LogP contribution in [0.4, 0.5) is 34.9 Å². The predicted octanol–water partition coefficient (Wildman–Crippen LogP) is 4.26. The van der Waals surface area contributed by atoms with Crippen molar-refractivity contribution in [3.63, 3.8) is 0 Å². The molecule has 1 heterocycles. The van der Waals surface area contributed by atoms with Crippen LogP contribution in [0.15, 0.2) is 24.5 Å². The summed E-state index contributed by atoms with van der Waals surface area (Å²) in [6.07, 6.45) is -1.10. The first-order valence-electron chi connectivity index (χ1n) is 5.92. The second-order valence-corrected chi connectivity index (χ2v) is 4.31. The van der Waals surface area contributed by atoms with E-state index in [4.69, 9.17) is 0 Å². The van der Waals surface area contributed by atoms with E-state index in [2.05, 4.69) is 42.9 Å². The quantitative estimate of drug-likeness (QED) is 0.444. The number of rotatable bonds is 3. The Labute approximate surface area is 116 Å². The molecule has 21 heavy (non-hydrogen) atoms. The van der Waals surface area contributed by atoms with Gasteiger partial charge in [0.25, 0.3) is 0 Å². The Morgan fingerprint density at radius 1 is 1.00 bits per heavy atom. The van der Waals surface area contributed by atoms with Gasteiger partial charge < -0.3 is 12.9 Å². The lowest BCUT2D eigenvalue weighted by atomic mass is 9.80. The minimum atomic E-state index is -7.21. The van der Waals surface area contributed by atoms with Crippen LogP contribution in [0.3, 0.4) is 0 Å². The molecule has 0 spiro atoms. The lowest BCUT2D eigenvalue weighted by Gasteiger charge is -2.28. The Morgan fingerprint density at radius 2 is 1.43 bits per heavy atom. The fourth-order valence-electron chi connectivity index (χ4n) is 1.12. The normalized spacial score (nSPS) is 12.7. The summed E-state index contributed by atoms with van der Waals surface area (Å²) in [7, 11) is 0. The van der Waals surface area contributed by atoms with Crippen molar-refractivity contribution in [2.75, 3.05) is 0 Å². The van der Waals surface area contributed by atoms with Gasteiger partial charge in [0.05, 0.1) is 0 Å². The summed E-state index contributed by atoms with van der Waals surface area (Å²) in [4.78, 5) is 0. The van der Waals surface area contributed by atoms with Crippen molar-refractivity contribution < 1.29 is 39.5 Å². The Hall–Kier alpha value is -1.35. The maximum absolute atomic E-state index is 11.2. The van der Waals surface area contributed by atoms with Gasteiger partial charge in [-0.1, -0.05) is 6.92 Å². The van der Waals surface area contributed by atoms with E-state index >= 15 is 0 Å². The maximum Gasteiger partial charge on any atom is 0.558 e. The fourth-order valence-corrected chi connectivity index (χ4v) is 1.12. The highest BCUT2D eigenvalue weighted by atomic mass is 19.4. The summed E-state index contributed by atoms with van der Waals surface area (Å²) in [5.41, 5.74) is 1.33. The molecule has 0 aliphatic rings. The molecule has 0 aliphatic heterocycles. The van der Waals surface area contributed by atoms with Crippen LogP contribution in [0.1, 0.15) is 18.9 Å². The van der Waals surface area contributed by atoms with E-state index in [1.54, 1.807) is 0 Å². The minimum Gasteiger partial charge on any atom is -0.445 e. The fraction of sp³-hybridized carbons (Fsp3) is 0.545. The number of alkyl halides is 5. The van der Waals surface area contributed by atoms with Gasteiger partial charge in [-0.2, -0.15) is 13.2 Å². The molecule has 0 aliphatic carbocycles. The number of halogens is 8. The van der Waals surface area contributed by atoms with Crippen molar-refractivity contribution >= 4 is 6.98 Å². The Balaban J connectivity index is 0.000000382. The van der Waals surface area contributed by atoms with Gasteiger partial charge in [-0.05, 0) is 12.5 Å². The molecule has 0 N–H and O–H groups in total. The molecule has 1 rings (SSSR count). The summed E-state index contributed by atoms with van der Waals surface area (Å²) in [5.74, 6) is -6.56. The zero-order valence-corrected chi connectivity index (χ0v) is 11.3. The number of hydrogen-bond donors (Lipinski definition) is 0. The maximum atomic E-state index is 11.2. The number of pyridine rings is 1. The van der Waals surface area contributed by atoms with E-state index < -0.39 is 19.0 Å². The van der Waals surface area contributed by atoms with Crippen molar-refractivity contribution in [3.05, 3.63) is 30.1 Å². The molecule has 0 fully saturated rings. The molecule has 10 heteroatoms. The van der Waals surface area contributed by atoms with Crippen LogP contribution >= 0.6 is 0 Å². The zero-order valence-electron chi connectivity index (χ0n) is 11.3. The molecule has 0 saturated heterocycles. The average Bonchev–Trinajstić information content (AvgIpc) is 2.30. The standard InChI is InChI=1S/C9H14N.C2BF8/c1-3-6-10-7-4-9(2)5-8-10;4-1(5,2(6,7)8)3(9,10)11/h4-5,7-8H,3,6H2,1-2H3;/q+1;-1. The topological polar surface area (TPSA) is 3.88 Å². The highest BCUT2D eigenvalue weighted by molar-refractivity contribution is 6.61. The van der Waals surface area contributed by atoms with Gasteiger partial charge in [-0.25, -0.2) is 13.3 Å². The second kappa shape index (κ2) is 7.08. The number of hydrogen-bond acceptors (Lipinski definition) is 0. The van der Waals surface area contributed by atoms with E-state index in [1.165, 1.54) is 12.0 Å². The summed E-state index contributed by atoms with van der Waals surface area (Å²) in [5, 5.41) is 0. The third-order valence-corrected chi connectivity index (χ3v) is 2.33. The highest BCUT2D eigenvalue weighted by Crippen LogP contribution is 2.43. The Bertz CT molecular complexity index is 407. The van der Waals surface area contributed by atoms with Crippen molar-refractivity contribution in [2.24, 2.45) is 0 Å². The van der Waals surface area contributed by atoms with Gasteiger partial charge in [-0.15, -0.1) is 0 Å². The van der Waals surface area contributed by atoms with Crippen molar-refractivity contribution in [3.8, 4) is 0 Å². The SMILES string of the molecule is CCC[n+]1ccc(C)cc1.F[B-](F)(F)C(F)(F)C(F)(F)F. The van der Waals surface area contributed by atoms with Gasteiger partial charge >= 0.3 is 19.0 Å². The lowest BCUT2D eigenvalue weighted by molar-refractivity contribution is -0.697. The Kier molecular flexibility index (Phi) is 6.63. The largest absolute Gasteiger partial charge is 0.558 e. The van der Waals surface area contributed by atoms with Gasteiger partial charge in [0.15, 0.2) is 12.4 Å². The van der Waals surface area contributed by atoms with Crippen LogP contribution in [-0.4, -0.2) is 19.0 Å². The molecule has 0 saturated carbocycles. The molecule has 0 bridgehead atoms. The lowest BCUT2D eigenvalue weighted by Crippen LogP contribution is -2.53. The molecule has 1 aromatic heterocycles. The first-order valence-corrected chi connectivity index (χ1v) is 5.92. The minimum absolute atomic E-state index is 1.13. The van der Waals surface area contributed by atoms with Crippen LogP contribution in [0.25, 0.3) is 0 Å². The van der Waals surface area contributed by atoms with E-state index in [1.807, 2.05) is 0 Å². The highest BCUT2D eigenvalue weighted by Gasteiger charge is 2.69. The van der Waals surface area contributed by atoms with E-state index in [9.17, 15) is 34.9 Å². The molecule has 1 nitrogen and oxygen atoms in total. The summed E-state index contributed by atoms with van der Waals surface area (Å²) in [6.45, 7) is -1.79. The molecular weight excluding hydrogens is 309 g/mol. The van der Waals surface area contributed by atoms with E-state index in [-0.39, 0.29) is 0 Å². The summed E-state index contributed by atoms with van der Waals surface area (Å²) >= 11 is 0. The summed E-state index contributed by atoms with van der Waals surface area (Å²) in [6, 6.07) is 4.27. The van der Waals surface area contributed by atoms with Crippen molar-refractivity contribution in [2.45, 2.75) is 38.8 Å². The average molecular weight is 323 g/mol. The smallest absolute Gasteiger partial charge is 0.445 e. The molecule has 0 radical (unpaired) electrons. The molecule has 0 unspecified atom stereocenters. The third-order valence-electron chi connectivity index (χ3n) is 2.33.